The number of halogens is 2. The number of benzene rings is 5. The van der Waals surface area contributed by atoms with Crippen LogP contribution in [-0.4, -0.2) is 17.6 Å². The van der Waals surface area contributed by atoms with E-state index >= 15 is 4.79 Å². The molecule has 6 heteroatoms. The molecule has 0 unspecified atom stereocenters. The molecule has 1 aliphatic heterocycles. The van der Waals surface area contributed by atoms with Crippen molar-refractivity contribution in [1.82, 2.24) is 0 Å². The standard InChI is InChI=1S/C39H25Cl2NO3/c40-28-21-22-29(41)30(23-28)42-35(43)33-34(36(42)44)39(27-19-11-4-12-20-27)32(25-15-7-2-8-16-25)31(24-13-5-1-6-14-24)38(33,37(39)45)26-17-9-3-10-18-26/h1-23,33-34H/t33-,34-,38+,39+/m1/s1. The Morgan fingerprint density at radius 1 is 0.511 bits per heavy atom. The molecule has 2 aliphatic carbocycles. The predicted octanol–water partition coefficient (Wildman–Crippen LogP) is 8.18. The molecular weight excluding hydrogens is 601 g/mol. The van der Waals surface area contributed by atoms with E-state index in [1.807, 2.05) is 121 Å². The van der Waals surface area contributed by atoms with Gasteiger partial charge in [-0.3, -0.25) is 14.4 Å². The number of amides is 2. The van der Waals surface area contributed by atoms with Crippen LogP contribution >= 0.6 is 23.2 Å². The fourth-order valence-electron chi connectivity index (χ4n) is 8.23. The Morgan fingerprint density at radius 3 is 1.33 bits per heavy atom. The van der Waals surface area contributed by atoms with E-state index in [2.05, 4.69) is 0 Å². The Kier molecular flexibility index (Phi) is 6.25. The van der Waals surface area contributed by atoms with Crippen molar-refractivity contribution in [2.24, 2.45) is 11.8 Å². The summed E-state index contributed by atoms with van der Waals surface area (Å²) in [4.78, 5) is 47.0. The van der Waals surface area contributed by atoms with Gasteiger partial charge in [0, 0.05) is 5.02 Å². The fourth-order valence-corrected chi connectivity index (χ4v) is 8.60. The predicted molar refractivity (Wildman–Crippen MR) is 177 cm³/mol. The van der Waals surface area contributed by atoms with E-state index < -0.39 is 34.5 Å². The van der Waals surface area contributed by atoms with Crippen molar-refractivity contribution in [3.8, 4) is 0 Å². The highest BCUT2D eigenvalue weighted by Gasteiger charge is 2.82. The number of fused-ring (bicyclic) bond motifs is 5. The molecule has 0 N–H and O–H groups in total. The van der Waals surface area contributed by atoms with Crippen molar-refractivity contribution < 1.29 is 14.4 Å². The first-order valence-corrected chi connectivity index (χ1v) is 15.5. The van der Waals surface area contributed by atoms with Gasteiger partial charge >= 0.3 is 0 Å². The Morgan fingerprint density at radius 2 is 0.911 bits per heavy atom. The summed E-state index contributed by atoms with van der Waals surface area (Å²) < 4.78 is 0. The minimum atomic E-state index is -1.47. The van der Waals surface area contributed by atoms with Crippen LogP contribution in [0.15, 0.2) is 140 Å². The summed E-state index contributed by atoms with van der Waals surface area (Å²) in [5.41, 5.74) is 1.76. The summed E-state index contributed by atoms with van der Waals surface area (Å²) in [5.74, 6) is -3.16. The van der Waals surface area contributed by atoms with Crippen molar-refractivity contribution in [1.29, 1.82) is 0 Å². The number of nitrogens with zero attached hydrogens (tertiary/aromatic N) is 1. The quantitative estimate of drug-likeness (QED) is 0.185. The molecule has 218 valence electrons. The monoisotopic (exact) mass is 625 g/mol. The minimum absolute atomic E-state index is 0.168. The van der Waals surface area contributed by atoms with Crippen molar-refractivity contribution in [2.45, 2.75) is 10.8 Å². The molecule has 1 saturated carbocycles. The zero-order valence-corrected chi connectivity index (χ0v) is 25.4. The second kappa shape index (κ2) is 10.1. The molecule has 3 aliphatic rings. The van der Waals surface area contributed by atoms with Gasteiger partial charge in [-0.1, -0.05) is 145 Å². The van der Waals surface area contributed by atoms with Gasteiger partial charge in [0.05, 0.1) is 33.4 Å². The molecule has 0 spiro atoms. The van der Waals surface area contributed by atoms with Crippen molar-refractivity contribution in [3.63, 3.8) is 0 Å². The molecule has 1 heterocycles. The number of Topliss-reactive ketones (excluding diaryl/α,β-unsaturated/α-hetero) is 1. The van der Waals surface area contributed by atoms with E-state index in [0.717, 1.165) is 22.3 Å². The van der Waals surface area contributed by atoms with Gasteiger partial charge in [0.15, 0.2) is 5.78 Å². The Labute approximate surface area is 270 Å². The topological polar surface area (TPSA) is 54.5 Å². The fraction of sp³-hybridized carbons (Fsp3) is 0.103. The number of hydrogen-bond acceptors (Lipinski definition) is 3. The molecule has 2 fully saturated rings. The second-order valence-corrected chi connectivity index (χ2v) is 12.6. The molecule has 8 rings (SSSR count). The van der Waals surface area contributed by atoms with Gasteiger partial charge in [-0.25, -0.2) is 4.90 Å². The summed E-state index contributed by atoms with van der Waals surface area (Å²) in [6, 6.07) is 43.2. The molecule has 5 aromatic rings. The van der Waals surface area contributed by atoms with Gasteiger partial charge < -0.3 is 0 Å². The van der Waals surface area contributed by atoms with E-state index in [1.54, 1.807) is 18.2 Å². The Hall–Kier alpha value is -4.77. The number of ketones is 1. The van der Waals surface area contributed by atoms with Gasteiger partial charge in [-0.15, -0.1) is 0 Å². The highest BCUT2D eigenvalue weighted by molar-refractivity contribution is 6.42. The number of imide groups is 1. The van der Waals surface area contributed by atoms with Crippen LogP contribution in [0.3, 0.4) is 0 Å². The van der Waals surface area contributed by atoms with E-state index in [9.17, 15) is 9.59 Å². The summed E-state index contributed by atoms with van der Waals surface area (Å²) in [5, 5.41) is 0.566. The lowest BCUT2D eigenvalue weighted by Gasteiger charge is -2.39. The van der Waals surface area contributed by atoms with Crippen LogP contribution < -0.4 is 4.90 Å². The number of allylic oxidation sites excluding steroid dienone is 2. The van der Waals surface area contributed by atoms with Crippen LogP contribution in [0.5, 0.6) is 0 Å². The van der Waals surface area contributed by atoms with Gasteiger partial charge in [-0.05, 0) is 51.6 Å². The maximum absolute atomic E-state index is 15.8. The van der Waals surface area contributed by atoms with E-state index in [0.29, 0.717) is 16.1 Å². The van der Waals surface area contributed by atoms with E-state index in [1.165, 1.54) is 4.90 Å². The highest BCUT2D eigenvalue weighted by Crippen LogP contribution is 2.74. The number of carbonyl (C=O) groups is 3. The van der Waals surface area contributed by atoms with Crippen LogP contribution in [0.25, 0.3) is 11.1 Å². The number of hydrogen-bond donors (Lipinski definition) is 0. The smallest absolute Gasteiger partial charge is 0.239 e. The highest BCUT2D eigenvalue weighted by atomic mass is 35.5. The third-order valence-corrected chi connectivity index (χ3v) is 10.3. The zero-order chi connectivity index (χ0) is 30.9. The zero-order valence-electron chi connectivity index (χ0n) is 23.9. The number of carbonyl (C=O) groups excluding carboxylic acids is 3. The van der Waals surface area contributed by atoms with Crippen molar-refractivity contribution in [3.05, 3.63) is 172 Å². The first-order valence-electron chi connectivity index (χ1n) is 14.8. The normalized spacial score (nSPS) is 25.3. The molecule has 2 amide bonds. The second-order valence-electron chi connectivity index (χ2n) is 11.7. The Balaban J connectivity index is 1.56. The molecule has 2 bridgehead atoms. The van der Waals surface area contributed by atoms with E-state index in [4.69, 9.17) is 23.2 Å². The molecular formula is C39H25Cl2NO3. The summed E-state index contributed by atoms with van der Waals surface area (Å²) >= 11 is 13.0. The largest absolute Gasteiger partial charge is 0.297 e. The molecule has 4 atom stereocenters. The molecule has 4 nitrogen and oxygen atoms in total. The van der Waals surface area contributed by atoms with Crippen LogP contribution in [-0.2, 0) is 25.2 Å². The van der Waals surface area contributed by atoms with Gasteiger partial charge in [-0.2, -0.15) is 0 Å². The minimum Gasteiger partial charge on any atom is -0.297 e. The first-order chi connectivity index (χ1) is 21.9. The van der Waals surface area contributed by atoms with Crippen molar-refractivity contribution in [2.75, 3.05) is 4.90 Å². The number of rotatable bonds is 5. The number of anilines is 1. The Bertz CT molecular complexity index is 1930. The SMILES string of the molecule is O=C1[C@H]2[C@H](C(=O)N1c1cc(Cl)ccc1Cl)[C@@]1(c3ccccc3)C(=O)[C@@]2(c2ccccc2)C(c2ccccc2)=C1c1ccccc1. The summed E-state index contributed by atoms with van der Waals surface area (Å²) in [7, 11) is 0. The molecule has 0 radical (unpaired) electrons. The third kappa shape index (κ3) is 3.52. The molecule has 45 heavy (non-hydrogen) atoms. The molecule has 0 aromatic heterocycles. The molecule has 1 saturated heterocycles. The van der Waals surface area contributed by atoms with Crippen LogP contribution in [0.4, 0.5) is 5.69 Å². The van der Waals surface area contributed by atoms with E-state index in [-0.39, 0.29) is 16.5 Å². The summed E-state index contributed by atoms with van der Waals surface area (Å²) in [6.45, 7) is 0. The third-order valence-electron chi connectivity index (χ3n) is 9.73. The van der Waals surface area contributed by atoms with Crippen molar-refractivity contribution >= 4 is 57.6 Å². The lowest BCUT2D eigenvalue weighted by Crippen LogP contribution is -2.45. The maximum atomic E-state index is 15.8. The lowest BCUT2D eigenvalue weighted by molar-refractivity contribution is -0.130. The maximum Gasteiger partial charge on any atom is 0.239 e. The average molecular weight is 627 g/mol. The van der Waals surface area contributed by atoms with Gasteiger partial charge in [0.25, 0.3) is 0 Å². The van der Waals surface area contributed by atoms with Gasteiger partial charge in [0.1, 0.15) is 0 Å². The van der Waals surface area contributed by atoms with Gasteiger partial charge in [0.2, 0.25) is 11.8 Å². The van der Waals surface area contributed by atoms with Crippen LogP contribution in [0, 0.1) is 11.8 Å². The van der Waals surface area contributed by atoms with Crippen LogP contribution in [0.2, 0.25) is 10.0 Å². The lowest BCUT2D eigenvalue weighted by atomic mass is 9.59. The van der Waals surface area contributed by atoms with Crippen LogP contribution in [0.1, 0.15) is 22.3 Å². The average Bonchev–Trinajstić information content (AvgIpc) is 3.59. The molecule has 5 aromatic carbocycles. The summed E-state index contributed by atoms with van der Waals surface area (Å²) in [6.07, 6.45) is 0. The first kappa shape index (κ1) is 27.8.